The molecule has 0 saturated carbocycles. The average Bonchev–Trinajstić information content (AvgIpc) is 2.07. The standard InChI is InChI=1S/C10H11BF3O.K/c1-7-5-8(2)10(15)9(6-7)3-4-11(12,13)14;/h3-6,15H,1-2H3;/q-1;+1/b4-3+;. The number of benzene rings is 1. The Kier molecular flexibility index (Phi) is 6.35. The summed E-state index contributed by atoms with van der Waals surface area (Å²) in [4.78, 5) is 0. The molecular weight excluding hydrogens is 243 g/mol. The first-order valence-corrected chi connectivity index (χ1v) is 4.49. The van der Waals surface area contributed by atoms with Gasteiger partial charge in [-0.1, -0.05) is 17.7 Å². The number of halogens is 3. The largest absolute Gasteiger partial charge is 1.00 e. The quantitative estimate of drug-likeness (QED) is 0.758. The normalized spacial score (nSPS) is 11.6. The Labute approximate surface area is 135 Å². The minimum absolute atomic E-state index is 0. The molecule has 1 rings (SSSR count). The Hall–Kier alpha value is 0.251. The fourth-order valence-electron chi connectivity index (χ4n) is 1.33. The van der Waals surface area contributed by atoms with E-state index in [0.717, 1.165) is 11.6 Å². The van der Waals surface area contributed by atoms with Crippen molar-refractivity contribution in [1.82, 2.24) is 0 Å². The monoisotopic (exact) mass is 254 g/mol. The maximum absolute atomic E-state index is 12.0. The smallest absolute Gasteiger partial charge is 0.507 e. The molecule has 0 aliphatic carbocycles. The van der Waals surface area contributed by atoms with Crippen LogP contribution in [-0.2, 0) is 0 Å². The van der Waals surface area contributed by atoms with Crippen LogP contribution < -0.4 is 51.4 Å². The van der Waals surface area contributed by atoms with Gasteiger partial charge in [0.05, 0.1) is 0 Å². The van der Waals surface area contributed by atoms with Gasteiger partial charge in [0, 0.05) is 5.56 Å². The van der Waals surface area contributed by atoms with E-state index in [-0.39, 0.29) is 68.7 Å². The van der Waals surface area contributed by atoms with Crippen molar-refractivity contribution in [2.75, 3.05) is 0 Å². The molecule has 16 heavy (non-hydrogen) atoms. The van der Waals surface area contributed by atoms with E-state index in [2.05, 4.69) is 0 Å². The van der Waals surface area contributed by atoms with Gasteiger partial charge in [0.15, 0.2) is 0 Å². The molecule has 0 amide bonds. The van der Waals surface area contributed by atoms with Gasteiger partial charge >= 0.3 is 58.4 Å². The minimum atomic E-state index is -4.96. The van der Waals surface area contributed by atoms with E-state index in [9.17, 15) is 18.1 Å². The topological polar surface area (TPSA) is 20.2 Å². The predicted molar refractivity (Wildman–Crippen MR) is 55.7 cm³/mol. The number of phenols is 1. The molecule has 6 heteroatoms. The van der Waals surface area contributed by atoms with Gasteiger partial charge in [-0.2, -0.15) is 0 Å². The molecule has 0 spiro atoms. The summed E-state index contributed by atoms with van der Waals surface area (Å²) < 4.78 is 35.9. The molecule has 1 aromatic carbocycles. The first-order valence-electron chi connectivity index (χ1n) is 4.49. The Balaban J connectivity index is 0.00000225. The van der Waals surface area contributed by atoms with Crippen LogP contribution in [0.5, 0.6) is 5.75 Å². The molecular formula is C10H11BF3KO. The molecule has 0 bridgehead atoms. The van der Waals surface area contributed by atoms with Crippen molar-refractivity contribution in [2.45, 2.75) is 13.8 Å². The zero-order valence-electron chi connectivity index (χ0n) is 9.47. The molecule has 0 aliphatic heterocycles. The molecule has 0 aliphatic rings. The van der Waals surface area contributed by atoms with Crippen molar-refractivity contribution in [3.8, 4) is 5.75 Å². The van der Waals surface area contributed by atoms with Gasteiger partial charge in [-0.05, 0) is 25.5 Å². The van der Waals surface area contributed by atoms with Crippen molar-refractivity contribution in [3.63, 3.8) is 0 Å². The number of aryl methyl sites for hydroxylation is 2. The third-order valence-electron chi connectivity index (χ3n) is 1.97. The van der Waals surface area contributed by atoms with Gasteiger partial charge in [-0.3, -0.25) is 0 Å². The zero-order chi connectivity index (χ0) is 11.6. The second kappa shape index (κ2) is 6.26. The number of phenolic OH excluding ortho intramolecular Hbond substituents is 1. The Morgan fingerprint density at radius 1 is 1.19 bits per heavy atom. The maximum atomic E-state index is 12.0. The SMILES string of the molecule is Cc1cc(C)c(O)c(/C=C/[B-](F)(F)F)c1.[K+]. The minimum Gasteiger partial charge on any atom is -0.507 e. The van der Waals surface area contributed by atoms with Crippen molar-refractivity contribution in [2.24, 2.45) is 0 Å². The molecule has 0 aromatic heterocycles. The van der Waals surface area contributed by atoms with Crippen molar-refractivity contribution in [3.05, 3.63) is 34.8 Å². The third kappa shape index (κ3) is 5.05. The summed E-state index contributed by atoms with van der Waals surface area (Å²) >= 11 is 0. The van der Waals surface area contributed by atoms with Gasteiger partial charge in [0.1, 0.15) is 5.75 Å². The zero-order valence-corrected chi connectivity index (χ0v) is 12.6. The fourth-order valence-corrected chi connectivity index (χ4v) is 1.33. The average molecular weight is 254 g/mol. The van der Waals surface area contributed by atoms with Crippen LogP contribution >= 0.6 is 0 Å². The van der Waals surface area contributed by atoms with E-state index < -0.39 is 6.98 Å². The number of aromatic hydroxyl groups is 1. The van der Waals surface area contributed by atoms with E-state index >= 15 is 0 Å². The second-order valence-electron chi connectivity index (χ2n) is 3.50. The van der Waals surface area contributed by atoms with E-state index in [1.165, 1.54) is 6.07 Å². The first-order chi connectivity index (χ1) is 6.79. The predicted octanol–water partition coefficient (Wildman–Crippen LogP) is 0.413. The summed E-state index contributed by atoms with van der Waals surface area (Å²) in [5.41, 5.74) is 1.59. The van der Waals surface area contributed by atoms with Gasteiger partial charge < -0.3 is 18.1 Å². The molecule has 0 fully saturated rings. The summed E-state index contributed by atoms with van der Waals surface area (Å²) in [5.74, 6) is 0.0744. The Bertz CT molecular complexity index is 402. The molecule has 1 N–H and O–H groups in total. The van der Waals surface area contributed by atoms with Crippen LogP contribution in [0.1, 0.15) is 16.7 Å². The third-order valence-corrected chi connectivity index (χ3v) is 1.97. The van der Waals surface area contributed by atoms with Crippen molar-refractivity contribution >= 4 is 13.1 Å². The fraction of sp³-hybridized carbons (Fsp3) is 0.200. The van der Waals surface area contributed by atoms with Crippen LogP contribution in [0.4, 0.5) is 12.9 Å². The molecule has 82 valence electrons. The van der Waals surface area contributed by atoms with E-state index in [4.69, 9.17) is 0 Å². The van der Waals surface area contributed by atoms with Crippen LogP contribution in [0, 0.1) is 13.8 Å². The molecule has 1 aromatic rings. The molecule has 0 unspecified atom stereocenters. The van der Waals surface area contributed by atoms with E-state index in [1.54, 1.807) is 19.9 Å². The molecule has 0 radical (unpaired) electrons. The second-order valence-corrected chi connectivity index (χ2v) is 3.50. The maximum Gasteiger partial charge on any atom is 1.00 e. The summed E-state index contributed by atoms with van der Waals surface area (Å²) in [6.07, 6.45) is 0.898. The molecule has 1 nitrogen and oxygen atoms in total. The number of rotatable bonds is 2. The van der Waals surface area contributed by atoms with E-state index in [1.807, 2.05) is 0 Å². The van der Waals surface area contributed by atoms with Crippen LogP contribution in [0.15, 0.2) is 18.1 Å². The number of hydrogen-bond acceptors (Lipinski definition) is 1. The van der Waals surface area contributed by atoms with Crippen LogP contribution in [0.2, 0.25) is 0 Å². The van der Waals surface area contributed by atoms with Gasteiger partial charge in [-0.15, -0.1) is 5.98 Å². The summed E-state index contributed by atoms with van der Waals surface area (Å²) in [7, 11) is 0. The van der Waals surface area contributed by atoms with Crippen LogP contribution in [-0.4, -0.2) is 12.1 Å². The number of hydrogen-bond donors (Lipinski definition) is 1. The van der Waals surface area contributed by atoms with Crippen molar-refractivity contribution < 1.29 is 69.4 Å². The van der Waals surface area contributed by atoms with Crippen LogP contribution in [0.25, 0.3) is 6.08 Å². The molecule has 0 atom stereocenters. The Morgan fingerprint density at radius 3 is 2.25 bits per heavy atom. The molecule has 0 saturated heterocycles. The molecule has 0 heterocycles. The van der Waals surface area contributed by atoms with E-state index in [0.29, 0.717) is 5.56 Å². The van der Waals surface area contributed by atoms with Gasteiger partial charge in [-0.25, -0.2) is 0 Å². The van der Waals surface area contributed by atoms with Crippen LogP contribution in [0.3, 0.4) is 0 Å². The summed E-state index contributed by atoms with van der Waals surface area (Å²) in [5, 5.41) is 9.51. The summed E-state index contributed by atoms with van der Waals surface area (Å²) in [6.45, 7) is -1.54. The summed E-state index contributed by atoms with van der Waals surface area (Å²) in [6, 6.07) is 3.23. The van der Waals surface area contributed by atoms with Crippen molar-refractivity contribution in [1.29, 1.82) is 0 Å². The Morgan fingerprint density at radius 2 is 1.75 bits per heavy atom. The van der Waals surface area contributed by atoms with Gasteiger partial charge in [0.2, 0.25) is 0 Å². The van der Waals surface area contributed by atoms with Gasteiger partial charge in [0.25, 0.3) is 0 Å². The first kappa shape index (κ1) is 16.3.